The number of aryl methyl sites for hydroxylation is 1. The average molecular weight is 288 g/mol. The van der Waals surface area contributed by atoms with Gasteiger partial charge in [-0.3, -0.25) is 4.79 Å². The number of nitrogens with one attached hydrogen (secondary N) is 1. The predicted molar refractivity (Wildman–Crippen MR) is 78.4 cm³/mol. The van der Waals surface area contributed by atoms with Crippen LogP contribution in [0.4, 0.5) is 0 Å². The number of nitrogens with zero attached hydrogens (tertiary/aromatic N) is 3. The maximum Gasteiger partial charge on any atom is 0.223 e. The lowest BCUT2D eigenvalue weighted by Gasteiger charge is -2.20. The fourth-order valence-corrected chi connectivity index (χ4v) is 4.54. The van der Waals surface area contributed by atoms with E-state index in [-0.39, 0.29) is 11.8 Å². The quantitative estimate of drug-likeness (QED) is 0.926. The highest BCUT2D eigenvalue weighted by Gasteiger charge is 2.42. The van der Waals surface area contributed by atoms with Crippen molar-refractivity contribution >= 4 is 5.91 Å². The second kappa shape index (κ2) is 5.43. The Balaban J connectivity index is 1.38. The Morgan fingerprint density at radius 3 is 2.95 bits per heavy atom. The molecule has 0 saturated heterocycles. The van der Waals surface area contributed by atoms with Crippen LogP contribution < -0.4 is 5.32 Å². The zero-order valence-corrected chi connectivity index (χ0v) is 12.6. The van der Waals surface area contributed by atoms with Crippen LogP contribution >= 0.6 is 0 Å². The van der Waals surface area contributed by atoms with Crippen LogP contribution in [0.15, 0.2) is 0 Å². The molecule has 5 heteroatoms. The highest BCUT2D eigenvalue weighted by molar-refractivity contribution is 5.79. The molecule has 1 amide bonds. The Morgan fingerprint density at radius 1 is 1.19 bits per heavy atom. The molecule has 1 aromatic heterocycles. The van der Waals surface area contributed by atoms with Gasteiger partial charge in [-0.25, -0.2) is 0 Å². The van der Waals surface area contributed by atoms with Gasteiger partial charge < -0.3 is 9.88 Å². The minimum Gasteiger partial charge on any atom is -0.349 e. The molecule has 5 nitrogen and oxygen atoms in total. The highest BCUT2D eigenvalue weighted by Crippen LogP contribution is 2.48. The van der Waals surface area contributed by atoms with Gasteiger partial charge in [-0.15, -0.1) is 10.2 Å². The number of carbonyl (C=O) groups is 1. The van der Waals surface area contributed by atoms with Crippen molar-refractivity contribution in [2.24, 2.45) is 17.8 Å². The molecule has 4 rings (SSSR count). The van der Waals surface area contributed by atoms with Crippen LogP contribution in [0, 0.1) is 17.8 Å². The van der Waals surface area contributed by atoms with E-state index in [9.17, 15) is 4.79 Å². The molecule has 2 fully saturated rings. The molecule has 3 aliphatic rings. The monoisotopic (exact) mass is 288 g/mol. The largest absolute Gasteiger partial charge is 0.349 e. The number of hydrogen-bond acceptors (Lipinski definition) is 3. The van der Waals surface area contributed by atoms with Crippen molar-refractivity contribution in [3.8, 4) is 0 Å². The fourth-order valence-electron chi connectivity index (χ4n) is 4.54. The minimum absolute atomic E-state index is 0.244. The summed E-state index contributed by atoms with van der Waals surface area (Å²) in [6, 6.07) is 0. The molecule has 3 unspecified atom stereocenters. The number of rotatable bonds is 3. The molecule has 0 spiro atoms. The Morgan fingerprint density at radius 2 is 2.14 bits per heavy atom. The van der Waals surface area contributed by atoms with Crippen molar-refractivity contribution in [2.45, 2.75) is 64.5 Å². The molecule has 2 heterocycles. The Bertz CT molecular complexity index is 538. The molecule has 1 aliphatic heterocycles. The molecule has 2 aliphatic carbocycles. The minimum atomic E-state index is 0.244. The number of aromatic nitrogens is 3. The Labute approximate surface area is 125 Å². The first-order valence-electron chi connectivity index (χ1n) is 8.50. The van der Waals surface area contributed by atoms with E-state index < -0.39 is 0 Å². The summed E-state index contributed by atoms with van der Waals surface area (Å²) in [5.41, 5.74) is 0. The summed E-state index contributed by atoms with van der Waals surface area (Å²) < 4.78 is 2.22. The van der Waals surface area contributed by atoms with Gasteiger partial charge in [-0.05, 0) is 43.9 Å². The number of fused-ring (bicyclic) bond motifs is 3. The normalized spacial score (nSPS) is 31.0. The highest BCUT2D eigenvalue weighted by atomic mass is 16.1. The molecular weight excluding hydrogens is 264 g/mol. The molecule has 0 radical (unpaired) electrons. The molecule has 114 valence electrons. The average Bonchev–Trinajstić information content (AvgIpc) is 3.17. The zero-order valence-electron chi connectivity index (χ0n) is 12.6. The van der Waals surface area contributed by atoms with Crippen molar-refractivity contribution < 1.29 is 4.79 Å². The molecule has 1 aromatic rings. The predicted octanol–water partition coefficient (Wildman–Crippen LogP) is 2.06. The van der Waals surface area contributed by atoms with Crippen LogP contribution in [0.5, 0.6) is 0 Å². The summed E-state index contributed by atoms with van der Waals surface area (Å²) in [5, 5.41) is 11.7. The number of hydrogen-bond donors (Lipinski definition) is 1. The summed E-state index contributed by atoms with van der Waals surface area (Å²) in [6.07, 6.45) is 9.66. The van der Waals surface area contributed by atoms with Gasteiger partial charge in [-0.2, -0.15) is 0 Å². The third kappa shape index (κ3) is 2.47. The maximum atomic E-state index is 12.4. The number of amides is 1. The van der Waals surface area contributed by atoms with Crippen molar-refractivity contribution in [3.63, 3.8) is 0 Å². The lowest BCUT2D eigenvalue weighted by atomic mass is 9.88. The van der Waals surface area contributed by atoms with Gasteiger partial charge >= 0.3 is 0 Å². The van der Waals surface area contributed by atoms with Gasteiger partial charge in [0.15, 0.2) is 5.82 Å². The van der Waals surface area contributed by atoms with Crippen LogP contribution in [0.3, 0.4) is 0 Å². The van der Waals surface area contributed by atoms with E-state index >= 15 is 0 Å². The molecular formula is C16H24N4O. The molecule has 2 bridgehead atoms. The first-order chi connectivity index (χ1) is 10.3. The third-order valence-electron chi connectivity index (χ3n) is 5.68. The fraction of sp³-hybridized carbons (Fsp3) is 0.812. The molecule has 21 heavy (non-hydrogen) atoms. The van der Waals surface area contributed by atoms with E-state index in [1.165, 1.54) is 38.5 Å². The lowest BCUT2D eigenvalue weighted by molar-refractivity contribution is -0.126. The van der Waals surface area contributed by atoms with E-state index in [4.69, 9.17) is 0 Å². The molecule has 0 aromatic carbocycles. The first kappa shape index (κ1) is 13.3. The Hall–Kier alpha value is -1.39. The van der Waals surface area contributed by atoms with Crippen molar-refractivity contribution in [2.75, 3.05) is 0 Å². The van der Waals surface area contributed by atoms with Gasteiger partial charge in [-0.1, -0.05) is 12.8 Å². The van der Waals surface area contributed by atoms with Crippen LogP contribution in [0.25, 0.3) is 0 Å². The van der Waals surface area contributed by atoms with E-state index in [1.54, 1.807) is 0 Å². The van der Waals surface area contributed by atoms with Crippen LogP contribution in [0.2, 0.25) is 0 Å². The zero-order chi connectivity index (χ0) is 14.2. The molecule has 3 atom stereocenters. The van der Waals surface area contributed by atoms with Gasteiger partial charge in [0.25, 0.3) is 0 Å². The first-order valence-corrected chi connectivity index (χ1v) is 8.50. The van der Waals surface area contributed by atoms with Crippen molar-refractivity contribution in [1.82, 2.24) is 20.1 Å². The van der Waals surface area contributed by atoms with E-state index in [0.29, 0.717) is 12.5 Å². The molecule has 1 N–H and O–H groups in total. The van der Waals surface area contributed by atoms with Crippen LogP contribution in [-0.2, 0) is 24.3 Å². The van der Waals surface area contributed by atoms with Crippen LogP contribution in [0.1, 0.15) is 56.6 Å². The SMILES string of the molecule is O=C(NCc1nnc2n1CCCCC2)C1CC2CCC1C2. The third-order valence-corrected chi connectivity index (χ3v) is 5.68. The summed E-state index contributed by atoms with van der Waals surface area (Å²) in [6.45, 7) is 1.54. The van der Waals surface area contributed by atoms with E-state index in [0.717, 1.165) is 37.0 Å². The van der Waals surface area contributed by atoms with Gasteiger partial charge in [0.05, 0.1) is 6.54 Å². The standard InChI is InChI=1S/C16H24N4O/c21-16(13-9-11-5-6-12(13)8-11)17-10-15-19-18-14-4-2-1-3-7-20(14)15/h11-13H,1-10H2,(H,17,21). The second-order valence-corrected chi connectivity index (χ2v) is 6.99. The summed E-state index contributed by atoms with van der Waals surface area (Å²) in [7, 11) is 0. The topological polar surface area (TPSA) is 59.8 Å². The summed E-state index contributed by atoms with van der Waals surface area (Å²) in [4.78, 5) is 12.4. The summed E-state index contributed by atoms with van der Waals surface area (Å²) in [5.74, 6) is 3.99. The van der Waals surface area contributed by atoms with Crippen molar-refractivity contribution in [1.29, 1.82) is 0 Å². The van der Waals surface area contributed by atoms with Crippen LogP contribution in [-0.4, -0.2) is 20.7 Å². The van der Waals surface area contributed by atoms with E-state index in [2.05, 4.69) is 20.1 Å². The van der Waals surface area contributed by atoms with E-state index in [1.807, 2.05) is 0 Å². The smallest absolute Gasteiger partial charge is 0.223 e. The maximum absolute atomic E-state index is 12.4. The van der Waals surface area contributed by atoms with Gasteiger partial charge in [0.2, 0.25) is 5.91 Å². The van der Waals surface area contributed by atoms with Gasteiger partial charge in [0.1, 0.15) is 5.82 Å². The lowest BCUT2D eigenvalue weighted by Crippen LogP contribution is -2.34. The molecule has 2 saturated carbocycles. The summed E-state index contributed by atoms with van der Waals surface area (Å²) >= 11 is 0. The number of carbonyl (C=O) groups excluding carboxylic acids is 1. The second-order valence-electron chi connectivity index (χ2n) is 6.99. The van der Waals surface area contributed by atoms with Crippen molar-refractivity contribution in [3.05, 3.63) is 11.6 Å². The van der Waals surface area contributed by atoms with Gasteiger partial charge in [0, 0.05) is 18.9 Å². The Kier molecular flexibility index (Phi) is 3.43.